The van der Waals surface area contributed by atoms with Gasteiger partial charge < -0.3 is 10.1 Å². The highest BCUT2D eigenvalue weighted by atomic mass is 19.1. The van der Waals surface area contributed by atoms with Gasteiger partial charge in [0.05, 0.1) is 18.0 Å². The number of ether oxygens (including phenoxy) is 1. The van der Waals surface area contributed by atoms with E-state index < -0.39 is 11.7 Å². The average Bonchev–Trinajstić information content (AvgIpc) is 3.08. The summed E-state index contributed by atoms with van der Waals surface area (Å²) in [6.45, 7) is 2.52. The first-order chi connectivity index (χ1) is 11.7. The van der Waals surface area contributed by atoms with Crippen molar-refractivity contribution in [1.82, 2.24) is 10.2 Å². The number of H-pyrrole nitrogens is 1. The first kappa shape index (κ1) is 15.7. The summed E-state index contributed by atoms with van der Waals surface area (Å²) in [6.07, 6.45) is 0. The van der Waals surface area contributed by atoms with Crippen LogP contribution in [-0.4, -0.2) is 22.7 Å². The molecule has 5 nitrogen and oxygen atoms in total. The van der Waals surface area contributed by atoms with Crippen LogP contribution in [0, 0.1) is 5.82 Å². The van der Waals surface area contributed by atoms with Crippen LogP contribution in [0.4, 0.5) is 10.1 Å². The van der Waals surface area contributed by atoms with Crippen molar-refractivity contribution in [3.63, 3.8) is 0 Å². The number of hydrogen-bond acceptors (Lipinski definition) is 3. The predicted octanol–water partition coefficient (Wildman–Crippen LogP) is 3.87. The topological polar surface area (TPSA) is 67.0 Å². The number of aromatic amines is 1. The maximum absolute atomic E-state index is 13.6. The smallest absolute Gasteiger partial charge is 0.273 e. The van der Waals surface area contributed by atoms with Crippen LogP contribution >= 0.6 is 0 Å². The third kappa shape index (κ3) is 3.43. The average molecular weight is 325 g/mol. The van der Waals surface area contributed by atoms with Crippen LogP contribution in [0.3, 0.4) is 0 Å². The minimum Gasteiger partial charge on any atom is -0.494 e. The molecule has 0 spiro atoms. The number of nitrogens with one attached hydrogen (secondary N) is 2. The van der Waals surface area contributed by atoms with E-state index in [1.165, 1.54) is 12.1 Å². The Morgan fingerprint density at radius 1 is 1.21 bits per heavy atom. The predicted molar refractivity (Wildman–Crippen MR) is 89.5 cm³/mol. The highest BCUT2D eigenvalue weighted by Crippen LogP contribution is 2.22. The minimum atomic E-state index is -0.489. The molecule has 6 heteroatoms. The van der Waals surface area contributed by atoms with E-state index in [9.17, 15) is 9.18 Å². The van der Waals surface area contributed by atoms with E-state index in [0.29, 0.717) is 12.3 Å². The number of hydrogen-bond donors (Lipinski definition) is 2. The van der Waals surface area contributed by atoms with Gasteiger partial charge in [0.25, 0.3) is 5.91 Å². The molecule has 0 radical (unpaired) electrons. The fourth-order valence-corrected chi connectivity index (χ4v) is 2.23. The first-order valence-corrected chi connectivity index (χ1v) is 7.52. The van der Waals surface area contributed by atoms with Gasteiger partial charge in [0.2, 0.25) is 0 Å². The van der Waals surface area contributed by atoms with Gasteiger partial charge in [-0.3, -0.25) is 9.89 Å². The van der Waals surface area contributed by atoms with Crippen LogP contribution in [0.5, 0.6) is 5.75 Å². The van der Waals surface area contributed by atoms with Crippen molar-refractivity contribution >= 4 is 11.6 Å². The van der Waals surface area contributed by atoms with E-state index in [2.05, 4.69) is 15.5 Å². The van der Waals surface area contributed by atoms with Gasteiger partial charge in [0.1, 0.15) is 17.3 Å². The number of para-hydroxylation sites is 1. The molecule has 0 bridgehead atoms. The summed E-state index contributed by atoms with van der Waals surface area (Å²) in [5.74, 6) is -0.170. The molecule has 1 aromatic heterocycles. The Bertz CT molecular complexity index is 843. The number of halogens is 1. The van der Waals surface area contributed by atoms with Gasteiger partial charge in [-0.25, -0.2) is 4.39 Å². The molecule has 0 saturated carbocycles. The van der Waals surface area contributed by atoms with E-state index in [4.69, 9.17) is 4.74 Å². The van der Waals surface area contributed by atoms with Gasteiger partial charge in [-0.1, -0.05) is 12.1 Å². The van der Waals surface area contributed by atoms with E-state index in [1.54, 1.807) is 18.2 Å². The Kier molecular flexibility index (Phi) is 4.56. The van der Waals surface area contributed by atoms with Gasteiger partial charge in [-0.2, -0.15) is 5.10 Å². The SMILES string of the molecule is CCOc1ccc(-c2cc(C(=O)Nc3ccccc3F)[nH]n2)cc1. The lowest BCUT2D eigenvalue weighted by atomic mass is 10.1. The van der Waals surface area contributed by atoms with Crippen molar-refractivity contribution in [2.45, 2.75) is 6.92 Å². The molecule has 0 aliphatic carbocycles. The van der Waals surface area contributed by atoms with Gasteiger partial charge in [-0.15, -0.1) is 0 Å². The van der Waals surface area contributed by atoms with Gasteiger partial charge >= 0.3 is 0 Å². The molecule has 24 heavy (non-hydrogen) atoms. The number of carbonyl (C=O) groups is 1. The molecule has 2 N–H and O–H groups in total. The third-order valence-corrected chi connectivity index (χ3v) is 3.41. The summed E-state index contributed by atoms with van der Waals surface area (Å²) in [6, 6.07) is 15.0. The molecule has 1 heterocycles. The molecule has 2 aromatic carbocycles. The quantitative estimate of drug-likeness (QED) is 0.748. The lowest BCUT2D eigenvalue weighted by Crippen LogP contribution is -2.13. The zero-order chi connectivity index (χ0) is 16.9. The van der Waals surface area contributed by atoms with Crippen LogP contribution in [-0.2, 0) is 0 Å². The van der Waals surface area contributed by atoms with Crippen LogP contribution in [0.25, 0.3) is 11.3 Å². The molecule has 0 fully saturated rings. The Morgan fingerprint density at radius 3 is 2.67 bits per heavy atom. The van der Waals surface area contributed by atoms with Crippen molar-refractivity contribution in [1.29, 1.82) is 0 Å². The Hall–Kier alpha value is -3.15. The largest absolute Gasteiger partial charge is 0.494 e. The van der Waals surface area contributed by atoms with Crippen molar-refractivity contribution in [2.75, 3.05) is 11.9 Å². The monoisotopic (exact) mass is 325 g/mol. The Balaban J connectivity index is 1.75. The normalized spacial score (nSPS) is 10.4. The number of rotatable bonds is 5. The van der Waals surface area contributed by atoms with Gasteiger partial charge in [-0.05, 0) is 49.4 Å². The first-order valence-electron chi connectivity index (χ1n) is 7.52. The summed E-state index contributed by atoms with van der Waals surface area (Å²) in [7, 11) is 0. The van der Waals surface area contributed by atoms with E-state index in [1.807, 2.05) is 31.2 Å². The van der Waals surface area contributed by atoms with Crippen molar-refractivity contribution in [3.05, 3.63) is 66.1 Å². The number of nitrogens with zero attached hydrogens (tertiary/aromatic N) is 1. The zero-order valence-electron chi connectivity index (χ0n) is 13.0. The molecule has 0 aliphatic rings. The summed E-state index contributed by atoms with van der Waals surface area (Å²) in [5.41, 5.74) is 1.85. The van der Waals surface area contributed by atoms with Crippen LogP contribution in [0.1, 0.15) is 17.4 Å². The fraction of sp³-hybridized carbons (Fsp3) is 0.111. The molecular weight excluding hydrogens is 309 g/mol. The summed E-state index contributed by atoms with van der Waals surface area (Å²) in [4.78, 5) is 12.2. The van der Waals surface area contributed by atoms with Crippen molar-refractivity contribution in [2.24, 2.45) is 0 Å². The molecule has 1 amide bonds. The second kappa shape index (κ2) is 6.95. The van der Waals surface area contributed by atoms with Gasteiger partial charge in [0, 0.05) is 5.56 Å². The van der Waals surface area contributed by atoms with Crippen LogP contribution < -0.4 is 10.1 Å². The van der Waals surface area contributed by atoms with E-state index >= 15 is 0 Å². The molecule has 0 aliphatic heterocycles. The van der Waals surface area contributed by atoms with Crippen LogP contribution in [0.15, 0.2) is 54.6 Å². The minimum absolute atomic E-state index is 0.125. The summed E-state index contributed by atoms with van der Waals surface area (Å²) >= 11 is 0. The maximum atomic E-state index is 13.6. The standard InChI is InChI=1S/C18H16FN3O2/c1-2-24-13-9-7-12(8-10-13)16-11-17(22-21-16)18(23)20-15-6-4-3-5-14(15)19/h3-11H,2H2,1H3,(H,20,23)(H,21,22). The third-order valence-electron chi connectivity index (χ3n) is 3.41. The number of anilines is 1. The molecule has 0 unspecified atom stereocenters. The summed E-state index contributed by atoms with van der Waals surface area (Å²) < 4.78 is 19.0. The second-order valence-corrected chi connectivity index (χ2v) is 5.06. The Labute approximate surface area is 138 Å². The molecule has 0 atom stereocenters. The highest BCUT2D eigenvalue weighted by molar-refractivity contribution is 6.03. The highest BCUT2D eigenvalue weighted by Gasteiger charge is 2.13. The molecular formula is C18H16FN3O2. The van der Waals surface area contributed by atoms with E-state index in [0.717, 1.165) is 11.3 Å². The van der Waals surface area contributed by atoms with Crippen molar-refractivity contribution in [3.8, 4) is 17.0 Å². The Morgan fingerprint density at radius 2 is 1.96 bits per heavy atom. The van der Waals surface area contributed by atoms with Gasteiger partial charge in [0.15, 0.2) is 0 Å². The number of carbonyl (C=O) groups excluding carboxylic acids is 1. The zero-order valence-corrected chi connectivity index (χ0v) is 13.0. The molecule has 0 saturated heterocycles. The van der Waals surface area contributed by atoms with Crippen LogP contribution in [0.2, 0.25) is 0 Å². The number of amides is 1. The lowest BCUT2D eigenvalue weighted by molar-refractivity contribution is 0.102. The van der Waals surface area contributed by atoms with Crippen molar-refractivity contribution < 1.29 is 13.9 Å². The second-order valence-electron chi connectivity index (χ2n) is 5.06. The fourth-order valence-electron chi connectivity index (χ4n) is 2.23. The summed E-state index contributed by atoms with van der Waals surface area (Å²) in [5, 5.41) is 9.31. The molecule has 3 aromatic rings. The maximum Gasteiger partial charge on any atom is 0.273 e. The number of benzene rings is 2. The van der Waals surface area contributed by atoms with E-state index in [-0.39, 0.29) is 11.4 Å². The lowest BCUT2D eigenvalue weighted by Gasteiger charge is -2.04. The molecule has 122 valence electrons. The molecule has 3 rings (SSSR count). The number of aromatic nitrogens is 2.